The number of nitrogens with two attached hydrogens (primary N) is 1. The van der Waals surface area contributed by atoms with Crippen molar-refractivity contribution in [3.05, 3.63) is 33.5 Å². The van der Waals surface area contributed by atoms with Gasteiger partial charge in [0.1, 0.15) is 11.4 Å². The second-order valence-electron chi connectivity index (χ2n) is 5.81. The van der Waals surface area contributed by atoms with Crippen molar-refractivity contribution in [2.75, 3.05) is 11.1 Å². The van der Waals surface area contributed by atoms with Crippen LogP contribution in [0.5, 0.6) is 5.88 Å². The summed E-state index contributed by atoms with van der Waals surface area (Å²) in [7, 11) is 0. The highest BCUT2D eigenvalue weighted by Gasteiger charge is 2.16. The van der Waals surface area contributed by atoms with Gasteiger partial charge >= 0.3 is 0 Å². The first kappa shape index (κ1) is 15.9. The first-order valence-corrected chi connectivity index (χ1v) is 7.91. The second kappa shape index (κ2) is 6.12. The lowest BCUT2D eigenvalue weighted by Crippen LogP contribution is -2.24. The number of hydrogen-bond donors (Lipinski definition) is 2. The maximum atomic E-state index is 5.96. The number of nitrogens with one attached hydrogen (secondary N) is 1. The molecule has 3 N–H and O–H groups in total. The average Bonchev–Trinajstić information content (AvgIpc) is 2.78. The van der Waals surface area contributed by atoms with Gasteiger partial charge in [0, 0.05) is 4.88 Å². The van der Waals surface area contributed by atoms with Gasteiger partial charge in [0.15, 0.2) is 0 Å². The van der Waals surface area contributed by atoms with Crippen LogP contribution < -0.4 is 15.8 Å². The van der Waals surface area contributed by atoms with Crippen LogP contribution in [0.3, 0.4) is 0 Å². The summed E-state index contributed by atoms with van der Waals surface area (Å²) < 4.78 is 6.55. The number of ether oxygens (including phenoxy) is 1. The minimum Gasteiger partial charge on any atom is -0.470 e. The summed E-state index contributed by atoms with van der Waals surface area (Å²) in [5.74, 6) is 1.17. The van der Waals surface area contributed by atoms with Gasteiger partial charge in [-0.1, -0.05) is 11.6 Å². The van der Waals surface area contributed by atoms with Gasteiger partial charge in [-0.25, -0.2) is 0 Å². The summed E-state index contributed by atoms with van der Waals surface area (Å²) in [6.45, 7) is 7.95. The minimum atomic E-state index is -0.341. The Morgan fingerprint density at radius 1 is 1.29 bits per heavy atom. The van der Waals surface area contributed by atoms with Gasteiger partial charge in [0.2, 0.25) is 5.88 Å². The molecule has 4 nitrogen and oxygen atoms in total. The molecule has 0 radical (unpaired) electrons. The van der Waals surface area contributed by atoms with Crippen LogP contribution in [-0.4, -0.2) is 10.6 Å². The Hall–Kier alpha value is -1.46. The summed E-state index contributed by atoms with van der Waals surface area (Å²) in [5, 5.41) is 3.33. The van der Waals surface area contributed by atoms with E-state index in [1.54, 1.807) is 17.4 Å². The number of nitrogens with zero attached hydrogens (tertiary/aromatic N) is 1. The fourth-order valence-corrected chi connectivity index (χ4v) is 2.82. The Bertz CT molecular complexity index is 622. The number of halogens is 1. The highest BCUT2D eigenvalue weighted by atomic mass is 35.5. The third-order valence-electron chi connectivity index (χ3n) is 2.68. The molecular formula is C15H20ClN3OS. The number of pyridine rings is 1. The van der Waals surface area contributed by atoms with Crippen LogP contribution >= 0.6 is 22.9 Å². The van der Waals surface area contributed by atoms with Crippen LogP contribution in [0.25, 0.3) is 0 Å². The van der Waals surface area contributed by atoms with E-state index in [1.807, 2.05) is 39.0 Å². The summed E-state index contributed by atoms with van der Waals surface area (Å²) in [5.41, 5.74) is 6.10. The molecule has 0 aliphatic carbocycles. The lowest BCUT2D eigenvalue weighted by molar-refractivity contribution is 0.125. The topological polar surface area (TPSA) is 60.2 Å². The standard InChI is InChI=1S/C15H20ClN3OS/c1-9(11-6-7-12(16)21-11)18-13-8-5-10(17)14(19-13)20-15(2,3)4/h5-9H,17H2,1-4H3,(H,18,19). The molecule has 0 bridgehead atoms. The first-order chi connectivity index (χ1) is 9.74. The predicted molar refractivity (Wildman–Crippen MR) is 90.4 cm³/mol. The summed E-state index contributed by atoms with van der Waals surface area (Å²) in [6.07, 6.45) is 0. The van der Waals surface area contributed by atoms with Crippen LogP contribution in [0.4, 0.5) is 11.5 Å². The summed E-state index contributed by atoms with van der Waals surface area (Å²) in [4.78, 5) is 5.59. The maximum absolute atomic E-state index is 5.96. The molecule has 0 aromatic carbocycles. The number of nitrogen functional groups attached to an aromatic ring is 1. The van der Waals surface area contributed by atoms with Crippen LogP contribution in [0.15, 0.2) is 24.3 Å². The summed E-state index contributed by atoms with van der Waals surface area (Å²) in [6, 6.07) is 7.65. The van der Waals surface area contributed by atoms with Gasteiger partial charge in [-0.2, -0.15) is 4.98 Å². The molecule has 0 spiro atoms. The molecule has 2 heterocycles. The molecule has 0 saturated carbocycles. The zero-order valence-electron chi connectivity index (χ0n) is 12.6. The van der Waals surface area contributed by atoms with E-state index in [4.69, 9.17) is 22.1 Å². The first-order valence-electron chi connectivity index (χ1n) is 6.72. The van der Waals surface area contributed by atoms with Gasteiger partial charge in [0.25, 0.3) is 0 Å². The fourth-order valence-electron chi connectivity index (χ4n) is 1.76. The molecule has 2 aromatic heterocycles. The quantitative estimate of drug-likeness (QED) is 0.853. The molecule has 0 aliphatic rings. The maximum Gasteiger partial charge on any atom is 0.239 e. The van der Waals surface area contributed by atoms with Crippen molar-refractivity contribution in [3.63, 3.8) is 0 Å². The van der Waals surface area contributed by atoms with E-state index in [0.717, 1.165) is 15.0 Å². The molecule has 1 atom stereocenters. The van der Waals surface area contributed by atoms with Crippen LogP contribution in [0, 0.1) is 0 Å². The molecule has 2 rings (SSSR count). The fraction of sp³-hybridized carbons (Fsp3) is 0.400. The molecule has 0 amide bonds. The SMILES string of the molecule is CC(Nc1ccc(N)c(OC(C)(C)C)n1)c1ccc(Cl)s1. The van der Waals surface area contributed by atoms with E-state index < -0.39 is 0 Å². The third-order valence-corrected chi connectivity index (χ3v) is 4.09. The van der Waals surface area contributed by atoms with Gasteiger partial charge < -0.3 is 15.8 Å². The highest BCUT2D eigenvalue weighted by Crippen LogP contribution is 2.30. The highest BCUT2D eigenvalue weighted by molar-refractivity contribution is 7.16. The van der Waals surface area contributed by atoms with E-state index in [1.165, 1.54) is 0 Å². The van der Waals surface area contributed by atoms with Gasteiger partial charge in [0.05, 0.1) is 16.1 Å². The lowest BCUT2D eigenvalue weighted by atomic mass is 10.2. The average molecular weight is 326 g/mol. The number of anilines is 2. The molecular weight excluding hydrogens is 306 g/mol. The normalized spacial score (nSPS) is 13.0. The number of thiophene rings is 1. The second-order valence-corrected chi connectivity index (χ2v) is 7.56. The Morgan fingerprint density at radius 3 is 2.57 bits per heavy atom. The number of hydrogen-bond acceptors (Lipinski definition) is 5. The van der Waals surface area contributed by atoms with E-state index in [9.17, 15) is 0 Å². The number of aromatic nitrogens is 1. The van der Waals surface area contributed by atoms with E-state index in [0.29, 0.717) is 11.6 Å². The van der Waals surface area contributed by atoms with Crippen LogP contribution in [-0.2, 0) is 0 Å². The summed E-state index contributed by atoms with van der Waals surface area (Å²) >= 11 is 7.52. The minimum absolute atomic E-state index is 0.112. The van der Waals surface area contributed by atoms with Gasteiger partial charge in [-0.15, -0.1) is 11.3 Å². The Balaban J connectivity index is 2.15. The van der Waals surface area contributed by atoms with Crippen molar-refractivity contribution in [3.8, 4) is 5.88 Å². The zero-order valence-corrected chi connectivity index (χ0v) is 14.2. The van der Waals surface area contributed by atoms with Crippen molar-refractivity contribution in [1.29, 1.82) is 0 Å². The monoisotopic (exact) mass is 325 g/mol. The molecule has 0 saturated heterocycles. The van der Waals surface area contributed by atoms with Crippen molar-refractivity contribution in [1.82, 2.24) is 4.98 Å². The van der Waals surface area contributed by atoms with Gasteiger partial charge in [-0.05, 0) is 52.0 Å². The van der Waals surface area contributed by atoms with E-state index in [-0.39, 0.29) is 11.6 Å². The van der Waals surface area contributed by atoms with Crippen molar-refractivity contribution in [2.24, 2.45) is 0 Å². The molecule has 114 valence electrons. The van der Waals surface area contributed by atoms with Crippen LogP contribution in [0.1, 0.15) is 38.6 Å². The van der Waals surface area contributed by atoms with Crippen molar-refractivity contribution < 1.29 is 4.74 Å². The molecule has 0 aliphatic heterocycles. The van der Waals surface area contributed by atoms with E-state index in [2.05, 4.69) is 17.2 Å². The van der Waals surface area contributed by atoms with Crippen molar-refractivity contribution >= 4 is 34.4 Å². The van der Waals surface area contributed by atoms with E-state index >= 15 is 0 Å². The Kier molecular flexibility index (Phi) is 4.64. The molecule has 6 heteroatoms. The molecule has 21 heavy (non-hydrogen) atoms. The smallest absolute Gasteiger partial charge is 0.239 e. The van der Waals surface area contributed by atoms with Gasteiger partial charge in [-0.3, -0.25) is 0 Å². The molecule has 2 aromatic rings. The molecule has 1 unspecified atom stereocenters. The van der Waals surface area contributed by atoms with Crippen LogP contribution in [0.2, 0.25) is 4.34 Å². The zero-order chi connectivity index (χ0) is 15.6. The predicted octanol–water partition coefficient (Wildman–Crippen LogP) is 4.73. The lowest BCUT2D eigenvalue weighted by Gasteiger charge is -2.22. The van der Waals surface area contributed by atoms with Crippen molar-refractivity contribution in [2.45, 2.75) is 39.3 Å². The number of rotatable bonds is 4. The Morgan fingerprint density at radius 2 is 2.00 bits per heavy atom. The Labute approximate surface area is 134 Å². The molecule has 0 fully saturated rings. The third kappa shape index (κ3) is 4.51. The largest absolute Gasteiger partial charge is 0.470 e.